The number of carbonyl (C=O) groups is 1. The van der Waals surface area contributed by atoms with Crippen LogP contribution < -0.4 is 5.32 Å². The molecule has 1 fully saturated rings. The third-order valence-electron chi connectivity index (χ3n) is 4.98. The molecular weight excluding hydrogens is 359 g/mol. The normalized spacial score (nSPS) is 16.4. The summed E-state index contributed by atoms with van der Waals surface area (Å²) >= 11 is 0. The smallest absolute Gasteiger partial charge is 0.322 e. The summed E-state index contributed by atoms with van der Waals surface area (Å²) in [4.78, 5) is 19.0. The molecule has 1 aromatic heterocycles. The molecule has 7 heteroatoms. The molecule has 0 spiro atoms. The van der Waals surface area contributed by atoms with Crippen LogP contribution in [0.3, 0.4) is 0 Å². The van der Waals surface area contributed by atoms with E-state index in [2.05, 4.69) is 22.4 Å². The monoisotopic (exact) mass is 380 g/mol. The molecule has 6 nitrogen and oxygen atoms in total. The summed E-state index contributed by atoms with van der Waals surface area (Å²) in [6.07, 6.45) is 2.46. The van der Waals surface area contributed by atoms with Gasteiger partial charge in [-0.3, -0.25) is 0 Å². The number of benzene rings is 2. The van der Waals surface area contributed by atoms with E-state index in [1.807, 2.05) is 24.3 Å². The first-order chi connectivity index (χ1) is 13.7. The number of rotatable bonds is 4. The van der Waals surface area contributed by atoms with E-state index in [0.29, 0.717) is 23.8 Å². The van der Waals surface area contributed by atoms with Crippen molar-refractivity contribution in [3.05, 3.63) is 65.8 Å². The van der Waals surface area contributed by atoms with E-state index in [1.165, 1.54) is 12.1 Å². The number of hydrogen-bond acceptors (Lipinski definition) is 4. The molecule has 2 heterocycles. The molecule has 144 valence electrons. The molecule has 3 aromatic rings. The van der Waals surface area contributed by atoms with Crippen molar-refractivity contribution in [3.63, 3.8) is 0 Å². The largest absolute Gasteiger partial charge is 0.337 e. The lowest BCUT2D eigenvalue weighted by Gasteiger charge is -2.23. The Hall–Kier alpha value is -3.22. The number of nitrogens with zero attached hydrogens (tertiary/aromatic N) is 3. The fourth-order valence-corrected chi connectivity index (χ4v) is 3.49. The topological polar surface area (TPSA) is 71.3 Å². The average molecular weight is 380 g/mol. The Labute approximate surface area is 162 Å². The summed E-state index contributed by atoms with van der Waals surface area (Å²) in [5, 5.41) is 7.00. The van der Waals surface area contributed by atoms with Crippen LogP contribution >= 0.6 is 0 Å². The second kappa shape index (κ2) is 7.80. The van der Waals surface area contributed by atoms with Gasteiger partial charge >= 0.3 is 6.03 Å². The van der Waals surface area contributed by atoms with Gasteiger partial charge in [-0.2, -0.15) is 4.98 Å². The number of aryl methyl sites for hydroxylation is 1. The fraction of sp³-hybridized carbons (Fsp3) is 0.286. The van der Waals surface area contributed by atoms with Crippen LogP contribution in [-0.2, 0) is 6.42 Å². The highest BCUT2D eigenvalue weighted by atomic mass is 19.1. The van der Waals surface area contributed by atoms with E-state index >= 15 is 0 Å². The molecule has 4 rings (SSSR count). The van der Waals surface area contributed by atoms with E-state index < -0.39 is 0 Å². The number of amides is 2. The number of hydrogen-bond donors (Lipinski definition) is 1. The van der Waals surface area contributed by atoms with Gasteiger partial charge in [-0.25, -0.2) is 9.18 Å². The summed E-state index contributed by atoms with van der Waals surface area (Å²) in [7, 11) is 0. The molecule has 0 saturated carbocycles. The highest BCUT2D eigenvalue weighted by Crippen LogP contribution is 2.32. The Kier molecular flexibility index (Phi) is 5.06. The highest BCUT2D eigenvalue weighted by molar-refractivity contribution is 5.90. The van der Waals surface area contributed by atoms with Crippen molar-refractivity contribution in [2.45, 2.75) is 32.2 Å². The summed E-state index contributed by atoms with van der Waals surface area (Å²) in [5.41, 5.74) is 2.57. The number of halogens is 1. The predicted octanol–water partition coefficient (Wildman–Crippen LogP) is 4.81. The Bertz CT molecular complexity index is 971. The SMILES string of the molecule is CCc1ccccc1NC(=O)N1CCC[C@@H]1c1nc(-c2ccc(F)cc2)no1. The molecule has 1 aliphatic rings. The Balaban J connectivity index is 1.52. The summed E-state index contributed by atoms with van der Waals surface area (Å²) < 4.78 is 18.5. The fourth-order valence-electron chi connectivity index (χ4n) is 3.49. The van der Waals surface area contributed by atoms with Crippen LogP contribution in [0.1, 0.15) is 37.3 Å². The Morgan fingerprint density at radius 1 is 1.25 bits per heavy atom. The van der Waals surface area contributed by atoms with Gasteiger partial charge in [-0.05, 0) is 55.2 Å². The molecule has 1 saturated heterocycles. The third-order valence-corrected chi connectivity index (χ3v) is 4.98. The standard InChI is InChI=1S/C21H21FN4O2/c1-2-14-6-3-4-7-17(14)23-21(27)26-13-5-8-18(26)20-24-19(25-28-20)15-9-11-16(22)12-10-15/h3-4,6-7,9-12,18H,2,5,8,13H2,1H3,(H,23,27)/t18-/m1/s1. The third kappa shape index (κ3) is 3.60. The van der Waals surface area contributed by atoms with Crippen molar-refractivity contribution in [2.75, 3.05) is 11.9 Å². The van der Waals surface area contributed by atoms with Crippen molar-refractivity contribution in [3.8, 4) is 11.4 Å². The zero-order chi connectivity index (χ0) is 19.5. The molecule has 0 unspecified atom stereocenters. The zero-order valence-corrected chi connectivity index (χ0v) is 15.6. The van der Waals surface area contributed by atoms with Crippen LogP contribution in [-0.4, -0.2) is 27.6 Å². The van der Waals surface area contributed by atoms with E-state index in [9.17, 15) is 9.18 Å². The van der Waals surface area contributed by atoms with Gasteiger partial charge in [-0.1, -0.05) is 30.3 Å². The first-order valence-corrected chi connectivity index (χ1v) is 9.40. The van der Waals surface area contributed by atoms with Crippen molar-refractivity contribution >= 4 is 11.7 Å². The van der Waals surface area contributed by atoms with Crippen LogP contribution in [0.15, 0.2) is 53.1 Å². The van der Waals surface area contributed by atoms with Gasteiger partial charge in [0.05, 0.1) is 0 Å². The van der Waals surface area contributed by atoms with Gasteiger partial charge in [0, 0.05) is 17.8 Å². The molecule has 2 amide bonds. The lowest BCUT2D eigenvalue weighted by molar-refractivity contribution is 0.193. The number of nitrogens with one attached hydrogen (secondary N) is 1. The van der Waals surface area contributed by atoms with E-state index in [-0.39, 0.29) is 17.9 Å². The van der Waals surface area contributed by atoms with Gasteiger partial charge in [0.1, 0.15) is 11.9 Å². The van der Waals surface area contributed by atoms with Gasteiger partial charge in [-0.15, -0.1) is 0 Å². The summed E-state index contributed by atoms with van der Waals surface area (Å²) in [6, 6.07) is 13.2. The molecular formula is C21H21FN4O2. The lowest BCUT2D eigenvalue weighted by atomic mass is 10.1. The molecule has 2 aromatic carbocycles. The van der Waals surface area contributed by atoms with Gasteiger partial charge in [0.2, 0.25) is 11.7 Å². The van der Waals surface area contributed by atoms with Crippen molar-refractivity contribution < 1.29 is 13.7 Å². The van der Waals surface area contributed by atoms with Crippen molar-refractivity contribution in [2.24, 2.45) is 0 Å². The number of aromatic nitrogens is 2. The van der Waals surface area contributed by atoms with Crippen LogP contribution in [0.4, 0.5) is 14.9 Å². The minimum Gasteiger partial charge on any atom is -0.337 e. The Morgan fingerprint density at radius 2 is 2.04 bits per heavy atom. The summed E-state index contributed by atoms with van der Waals surface area (Å²) in [5.74, 6) is 0.466. The number of urea groups is 1. The van der Waals surface area contributed by atoms with Gasteiger partial charge in [0.25, 0.3) is 0 Å². The minimum absolute atomic E-state index is 0.176. The van der Waals surface area contributed by atoms with Crippen LogP contribution in [0.5, 0.6) is 0 Å². The maximum Gasteiger partial charge on any atom is 0.322 e. The predicted molar refractivity (Wildman–Crippen MR) is 103 cm³/mol. The van der Waals surface area contributed by atoms with Crippen molar-refractivity contribution in [1.82, 2.24) is 15.0 Å². The number of likely N-dealkylation sites (tertiary alicyclic amines) is 1. The first-order valence-electron chi connectivity index (χ1n) is 9.40. The maximum absolute atomic E-state index is 13.1. The molecule has 0 radical (unpaired) electrons. The molecule has 1 aliphatic heterocycles. The second-order valence-corrected chi connectivity index (χ2v) is 6.76. The van der Waals surface area contributed by atoms with E-state index in [4.69, 9.17) is 4.52 Å². The van der Waals surface area contributed by atoms with Crippen LogP contribution in [0, 0.1) is 5.82 Å². The highest BCUT2D eigenvalue weighted by Gasteiger charge is 2.34. The average Bonchev–Trinajstić information content (AvgIpc) is 3.38. The Morgan fingerprint density at radius 3 is 2.82 bits per heavy atom. The number of para-hydroxylation sites is 1. The number of anilines is 1. The van der Waals surface area contributed by atoms with Gasteiger partial charge in [0.15, 0.2) is 0 Å². The van der Waals surface area contributed by atoms with Crippen molar-refractivity contribution in [1.29, 1.82) is 0 Å². The number of carbonyl (C=O) groups excluding carboxylic acids is 1. The molecule has 1 N–H and O–H groups in total. The molecule has 1 atom stereocenters. The van der Waals surface area contributed by atoms with Crippen LogP contribution in [0.2, 0.25) is 0 Å². The minimum atomic E-state index is -0.321. The van der Waals surface area contributed by atoms with E-state index in [0.717, 1.165) is 30.5 Å². The lowest BCUT2D eigenvalue weighted by Crippen LogP contribution is -2.34. The van der Waals surface area contributed by atoms with Gasteiger partial charge < -0.3 is 14.7 Å². The quantitative estimate of drug-likeness (QED) is 0.705. The molecule has 0 bridgehead atoms. The maximum atomic E-state index is 13.1. The zero-order valence-electron chi connectivity index (χ0n) is 15.6. The van der Waals surface area contributed by atoms with Crippen LogP contribution in [0.25, 0.3) is 11.4 Å². The molecule has 28 heavy (non-hydrogen) atoms. The van der Waals surface area contributed by atoms with E-state index in [1.54, 1.807) is 17.0 Å². The molecule has 0 aliphatic carbocycles. The summed E-state index contributed by atoms with van der Waals surface area (Å²) in [6.45, 7) is 2.68. The second-order valence-electron chi connectivity index (χ2n) is 6.76. The first kappa shape index (κ1) is 18.2.